The van der Waals surface area contributed by atoms with Gasteiger partial charge in [0.15, 0.2) is 5.16 Å². The van der Waals surface area contributed by atoms with Gasteiger partial charge < -0.3 is 4.74 Å². The van der Waals surface area contributed by atoms with Gasteiger partial charge in [0.25, 0.3) is 0 Å². The Labute approximate surface area is 180 Å². The van der Waals surface area contributed by atoms with E-state index < -0.39 is 0 Å². The predicted molar refractivity (Wildman–Crippen MR) is 118 cm³/mol. The minimum atomic E-state index is -0.369. The maximum absolute atomic E-state index is 11.3. The average molecular weight is 427 g/mol. The summed E-state index contributed by atoms with van der Waals surface area (Å²) in [5, 5.41) is 20.1. The Hall–Kier alpha value is -2.87. The molecule has 158 valence electrons. The molecule has 3 rings (SSSR count). The first kappa shape index (κ1) is 21.8. The molecule has 0 spiro atoms. The lowest BCUT2D eigenvalue weighted by Gasteiger charge is -2.15. The minimum absolute atomic E-state index is 0.194. The lowest BCUT2D eigenvalue weighted by molar-refractivity contribution is -0.479. The first-order valence-electron chi connectivity index (χ1n) is 9.92. The summed E-state index contributed by atoms with van der Waals surface area (Å²) in [6.07, 6.45) is 0. The summed E-state index contributed by atoms with van der Waals surface area (Å²) in [6.45, 7) is 8.47. The molecule has 0 saturated heterocycles. The van der Waals surface area contributed by atoms with Crippen molar-refractivity contribution < 1.29 is 9.66 Å². The number of thioether (sulfide) groups is 1. The van der Waals surface area contributed by atoms with E-state index in [2.05, 4.69) is 24.0 Å². The average Bonchev–Trinajstić information content (AvgIpc) is 3.08. The van der Waals surface area contributed by atoms with Crippen LogP contribution in [0.2, 0.25) is 0 Å². The predicted octanol–water partition coefficient (Wildman–Crippen LogP) is 5.21. The van der Waals surface area contributed by atoms with Gasteiger partial charge >= 0.3 is 0 Å². The normalized spacial score (nSPS) is 12.2. The number of benzene rings is 2. The van der Waals surface area contributed by atoms with Gasteiger partial charge in [0, 0.05) is 10.6 Å². The molecule has 1 heterocycles. The molecule has 1 atom stereocenters. The fourth-order valence-electron chi connectivity index (χ4n) is 3.14. The molecular weight excluding hydrogens is 400 g/mol. The molecule has 0 saturated carbocycles. The van der Waals surface area contributed by atoms with Gasteiger partial charge in [-0.3, -0.25) is 14.7 Å². The molecule has 0 aliphatic carbocycles. The van der Waals surface area contributed by atoms with Crippen LogP contribution in [0.1, 0.15) is 48.9 Å². The molecular formula is C22H26N4O3S. The van der Waals surface area contributed by atoms with E-state index in [1.54, 1.807) is 0 Å². The van der Waals surface area contributed by atoms with Crippen LogP contribution in [0.25, 0.3) is 5.69 Å². The number of aromatic nitrogens is 3. The SMILES string of the molecule is CCOc1ccc(-n2c(C)nnc2S[C@@H](C[N+](=O)[O-])c2ccc(C(C)C)cc2)cc1. The maximum atomic E-state index is 11.3. The second-order valence-corrected chi connectivity index (χ2v) is 8.41. The van der Waals surface area contributed by atoms with E-state index in [0.29, 0.717) is 17.7 Å². The van der Waals surface area contributed by atoms with E-state index in [-0.39, 0.29) is 16.7 Å². The summed E-state index contributed by atoms with van der Waals surface area (Å²) in [6, 6.07) is 15.7. The molecule has 8 heteroatoms. The molecule has 3 aromatic rings. The van der Waals surface area contributed by atoms with Gasteiger partial charge in [-0.05, 0) is 55.2 Å². The van der Waals surface area contributed by atoms with Crippen molar-refractivity contribution in [3.8, 4) is 11.4 Å². The maximum Gasteiger partial charge on any atom is 0.220 e. The number of aryl methyl sites for hydroxylation is 1. The van der Waals surface area contributed by atoms with Crippen molar-refractivity contribution in [1.29, 1.82) is 0 Å². The van der Waals surface area contributed by atoms with Crippen LogP contribution in [-0.4, -0.2) is 32.8 Å². The summed E-state index contributed by atoms with van der Waals surface area (Å²) >= 11 is 1.36. The molecule has 0 aliphatic rings. The van der Waals surface area contributed by atoms with Gasteiger partial charge in [-0.25, -0.2) is 0 Å². The lowest BCUT2D eigenvalue weighted by Crippen LogP contribution is -2.11. The van der Waals surface area contributed by atoms with Crippen molar-refractivity contribution in [2.45, 2.75) is 44.0 Å². The monoisotopic (exact) mass is 426 g/mol. The molecule has 0 fully saturated rings. The van der Waals surface area contributed by atoms with E-state index in [9.17, 15) is 10.1 Å². The third kappa shape index (κ3) is 5.18. The van der Waals surface area contributed by atoms with Crippen LogP contribution in [0.3, 0.4) is 0 Å². The zero-order valence-electron chi connectivity index (χ0n) is 17.6. The highest BCUT2D eigenvalue weighted by molar-refractivity contribution is 7.99. The largest absolute Gasteiger partial charge is 0.494 e. The number of ether oxygens (including phenoxy) is 1. The molecule has 0 N–H and O–H groups in total. The van der Waals surface area contributed by atoms with E-state index in [1.165, 1.54) is 17.3 Å². The minimum Gasteiger partial charge on any atom is -0.494 e. The molecule has 0 radical (unpaired) electrons. The number of hydrogen-bond donors (Lipinski definition) is 0. The number of rotatable bonds is 9. The second-order valence-electron chi connectivity index (χ2n) is 7.24. The van der Waals surface area contributed by atoms with Crippen LogP contribution in [-0.2, 0) is 0 Å². The van der Waals surface area contributed by atoms with Gasteiger partial charge in [-0.15, -0.1) is 10.2 Å². The first-order chi connectivity index (χ1) is 14.4. The molecule has 7 nitrogen and oxygen atoms in total. The van der Waals surface area contributed by atoms with Crippen molar-refractivity contribution in [3.05, 3.63) is 75.6 Å². The number of nitro groups is 1. The van der Waals surface area contributed by atoms with Crippen molar-refractivity contribution in [3.63, 3.8) is 0 Å². The molecule has 0 unspecified atom stereocenters. The molecule has 1 aromatic heterocycles. The standard InChI is InChI=1S/C22H26N4O3S/c1-5-29-20-12-10-19(11-13-20)26-16(4)23-24-22(26)30-21(14-25(27)28)18-8-6-17(7-9-18)15(2)3/h6-13,15,21H,5,14H2,1-4H3/t21-/m0/s1. The third-order valence-corrected chi connectivity index (χ3v) is 5.92. The summed E-state index contributed by atoms with van der Waals surface area (Å²) < 4.78 is 7.42. The Balaban J connectivity index is 1.91. The van der Waals surface area contributed by atoms with Crippen LogP contribution in [0, 0.1) is 17.0 Å². The van der Waals surface area contributed by atoms with Crippen LogP contribution in [0.15, 0.2) is 53.7 Å². The van der Waals surface area contributed by atoms with Crippen LogP contribution < -0.4 is 4.74 Å². The summed E-state index contributed by atoms with van der Waals surface area (Å²) in [5.41, 5.74) is 3.00. The Bertz CT molecular complexity index is 985. The highest BCUT2D eigenvalue weighted by Crippen LogP contribution is 2.36. The quantitative estimate of drug-likeness (QED) is 0.265. The summed E-state index contributed by atoms with van der Waals surface area (Å²) in [5.74, 6) is 1.92. The lowest BCUT2D eigenvalue weighted by atomic mass is 10.0. The fourth-order valence-corrected chi connectivity index (χ4v) is 4.32. The Morgan fingerprint density at radius 3 is 2.27 bits per heavy atom. The van der Waals surface area contributed by atoms with Crippen LogP contribution in [0.5, 0.6) is 5.75 Å². The topological polar surface area (TPSA) is 83.1 Å². The Morgan fingerprint density at radius 1 is 1.07 bits per heavy atom. The van der Waals surface area contributed by atoms with Gasteiger partial charge in [0.2, 0.25) is 6.54 Å². The van der Waals surface area contributed by atoms with Crippen molar-refractivity contribution in [1.82, 2.24) is 14.8 Å². The van der Waals surface area contributed by atoms with Gasteiger partial charge in [0.05, 0.1) is 6.61 Å². The van der Waals surface area contributed by atoms with Crippen LogP contribution >= 0.6 is 11.8 Å². The van der Waals surface area contributed by atoms with E-state index in [0.717, 1.165) is 22.8 Å². The summed E-state index contributed by atoms with van der Waals surface area (Å²) in [4.78, 5) is 11.1. The van der Waals surface area contributed by atoms with Crippen molar-refractivity contribution >= 4 is 11.8 Å². The zero-order chi connectivity index (χ0) is 21.7. The number of hydrogen-bond acceptors (Lipinski definition) is 6. The molecule has 30 heavy (non-hydrogen) atoms. The first-order valence-corrected chi connectivity index (χ1v) is 10.8. The van der Waals surface area contributed by atoms with Crippen molar-refractivity contribution in [2.75, 3.05) is 13.2 Å². The van der Waals surface area contributed by atoms with Crippen LogP contribution in [0.4, 0.5) is 0 Å². The molecule has 0 amide bonds. The third-order valence-electron chi connectivity index (χ3n) is 4.74. The van der Waals surface area contributed by atoms with Gasteiger partial charge in [-0.2, -0.15) is 0 Å². The highest BCUT2D eigenvalue weighted by Gasteiger charge is 2.24. The van der Waals surface area contributed by atoms with E-state index >= 15 is 0 Å². The summed E-state index contributed by atoms with van der Waals surface area (Å²) in [7, 11) is 0. The second kappa shape index (κ2) is 9.75. The zero-order valence-corrected chi connectivity index (χ0v) is 18.4. The smallest absolute Gasteiger partial charge is 0.220 e. The fraction of sp³-hybridized carbons (Fsp3) is 0.364. The van der Waals surface area contributed by atoms with Gasteiger partial charge in [0.1, 0.15) is 16.8 Å². The van der Waals surface area contributed by atoms with Crippen molar-refractivity contribution in [2.24, 2.45) is 0 Å². The Kier molecular flexibility index (Phi) is 7.10. The van der Waals surface area contributed by atoms with E-state index in [1.807, 2.05) is 66.9 Å². The highest BCUT2D eigenvalue weighted by atomic mass is 32.2. The molecule has 0 aliphatic heterocycles. The molecule has 2 aromatic carbocycles. The number of nitrogens with zero attached hydrogens (tertiary/aromatic N) is 4. The molecule has 0 bridgehead atoms. The van der Waals surface area contributed by atoms with E-state index in [4.69, 9.17) is 4.74 Å². The Morgan fingerprint density at radius 2 is 1.70 bits per heavy atom. The van der Waals surface area contributed by atoms with Gasteiger partial charge in [-0.1, -0.05) is 49.9 Å².